The fraction of sp³-hybridized carbons (Fsp3) is 0.154. The Hall–Kier alpha value is -1.31. The van der Waals surface area contributed by atoms with Gasteiger partial charge in [0.15, 0.2) is 5.82 Å². The number of hydrogen-bond donors (Lipinski definition) is 1. The highest BCUT2D eigenvalue weighted by Gasteiger charge is 2.23. The van der Waals surface area contributed by atoms with Gasteiger partial charge in [0.05, 0.1) is 0 Å². The van der Waals surface area contributed by atoms with Crippen LogP contribution >= 0.6 is 15.9 Å². The van der Waals surface area contributed by atoms with Crippen molar-refractivity contribution in [3.05, 3.63) is 58.4 Å². The summed E-state index contributed by atoms with van der Waals surface area (Å²) in [6.07, 6.45) is 1.24. The van der Waals surface area contributed by atoms with Gasteiger partial charge in [0.2, 0.25) is 5.03 Å². The molecule has 0 aliphatic rings. The van der Waals surface area contributed by atoms with Crippen LogP contribution < -0.4 is 4.72 Å². The molecular formula is C13H12BrFN2O2S. The number of rotatable bonds is 4. The van der Waals surface area contributed by atoms with Gasteiger partial charge in [0.1, 0.15) is 0 Å². The molecule has 7 heteroatoms. The van der Waals surface area contributed by atoms with Crippen molar-refractivity contribution < 1.29 is 12.8 Å². The Balaban J connectivity index is 2.27. The van der Waals surface area contributed by atoms with Gasteiger partial charge in [-0.15, -0.1) is 0 Å². The van der Waals surface area contributed by atoms with E-state index in [1.807, 2.05) is 6.07 Å². The second-order valence-corrected chi connectivity index (χ2v) is 6.73. The molecule has 0 aliphatic heterocycles. The highest BCUT2D eigenvalue weighted by Crippen LogP contribution is 2.20. The lowest BCUT2D eigenvalue weighted by atomic mass is 10.1. The first kappa shape index (κ1) is 15.1. The number of halogens is 2. The Morgan fingerprint density at radius 1 is 1.30 bits per heavy atom. The van der Waals surface area contributed by atoms with Gasteiger partial charge in [-0.25, -0.2) is 22.5 Å². The highest BCUT2D eigenvalue weighted by molar-refractivity contribution is 9.10. The van der Waals surface area contributed by atoms with Gasteiger partial charge >= 0.3 is 0 Å². The number of aromatic nitrogens is 1. The lowest BCUT2D eigenvalue weighted by Crippen LogP contribution is -2.28. The third-order valence-corrected chi connectivity index (χ3v) is 4.63. The third kappa shape index (κ3) is 3.41. The molecule has 2 rings (SSSR count). The van der Waals surface area contributed by atoms with Gasteiger partial charge < -0.3 is 0 Å². The van der Waals surface area contributed by atoms with E-state index < -0.39 is 26.9 Å². The molecule has 0 amide bonds. The number of benzene rings is 1. The van der Waals surface area contributed by atoms with Crippen molar-refractivity contribution in [2.24, 2.45) is 0 Å². The molecule has 0 spiro atoms. The van der Waals surface area contributed by atoms with Crippen molar-refractivity contribution in [2.75, 3.05) is 0 Å². The molecule has 0 radical (unpaired) electrons. The van der Waals surface area contributed by atoms with Crippen LogP contribution in [0.3, 0.4) is 0 Å². The largest absolute Gasteiger partial charge is 0.261 e. The molecular weight excluding hydrogens is 347 g/mol. The SMILES string of the molecule is CC(NS(=O)(=O)c1ncccc1F)c1cccc(Br)c1. The molecule has 0 bridgehead atoms. The van der Waals surface area contributed by atoms with E-state index in [0.29, 0.717) is 0 Å². The minimum absolute atomic E-state index is 0.501. The van der Waals surface area contributed by atoms with Gasteiger partial charge in [-0.1, -0.05) is 28.1 Å². The zero-order valence-electron chi connectivity index (χ0n) is 10.5. The summed E-state index contributed by atoms with van der Waals surface area (Å²) in [7, 11) is -4.00. The molecule has 1 unspecified atom stereocenters. The Morgan fingerprint density at radius 2 is 2.05 bits per heavy atom. The molecule has 1 aromatic heterocycles. The summed E-state index contributed by atoms with van der Waals surface area (Å²) in [6, 6.07) is 9.11. The van der Waals surface area contributed by atoms with E-state index in [4.69, 9.17) is 0 Å². The summed E-state index contributed by atoms with van der Waals surface area (Å²) in [5, 5.41) is -0.596. The number of pyridine rings is 1. The molecule has 1 aromatic carbocycles. The van der Waals surface area contributed by atoms with Crippen molar-refractivity contribution in [3.63, 3.8) is 0 Å². The van der Waals surface area contributed by atoms with Crippen molar-refractivity contribution in [3.8, 4) is 0 Å². The predicted molar refractivity (Wildman–Crippen MR) is 77.1 cm³/mol. The third-order valence-electron chi connectivity index (χ3n) is 2.66. The zero-order valence-corrected chi connectivity index (χ0v) is 12.9. The first-order valence-corrected chi connectivity index (χ1v) is 8.06. The average molecular weight is 359 g/mol. The quantitative estimate of drug-likeness (QED) is 0.913. The smallest absolute Gasteiger partial charge is 0.241 e. The van der Waals surface area contributed by atoms with Crippen LogP contribution in [0, 0.1) is 5.82 Å². The summed E-state index contributed by atoms with van der Waals surface area (Å²) >= 11 is 3.32. The van der Waals surface area contributed by atoms with Crippen molar-refractivity contribution >= 4 is 26.0 Å². The van der Waals surface area contributed by atoms with Gasteiger partial charge in [-0.3, -0.25) is 0 Å². The number of hydrogen-bond acceptors (Lipinski definition) is 3. The molecule has 1 heterocycles. The lowest BCUT2D eigenvalue weighted by molar-refractivity contribution is 0.536. The minimum Gasteiger partial charge on any atom is -0.241 e. The lowest BCUT2D eigenvalue weighted by Gasteiger charge is -2.14. The normalized spacial score (nSPS) is 13.2. The van der Waals surface area contributed by atoms with Crippen LogP contribution in [0.2, 0.25) is 0 Å². The van der Waals surface area contributed by atoms with Crippen LogP contribution in [0.5, 0.6) is 0 Å². The maximum absolute atomic E-state index is 13.5. The predicted octanol–water partition coefficient (Wildman–Crippen LogP) is 3.02. The molecule has 4 nitrogen and oxygen atoms in total. The standard InChI is InChI=1S/C13H12BrFN2O2S/c1-9(10-4-2-5-11(14)8-10)17-20(18,19)13-12(15)6-3-7-16-13/h2-9,17H,1H3. The molecule has 0 fully saturated rings. The van der Waals surface area contributed by atoms with E-state index >= 15 is 0 Å². The molecule has 0 saturated carbocycles. The second kappa shape index (κ2) is 5.99. The number of nitrogens with one attached hydrogen (secondary N) is 1. The van der Waals surface area contributed by atoms with E-state index in [-0.39, 0.29) is 0 Å². The van der Waals surface area contributed by atoms with Crippen LogP contribution in [0.4, 0.5) is 4.39 Å². The van der Waals surface area contributed by atoms with Crippen LogP contribution in [0.15, 0.2) is 52.1 Å². The topological polar surface area (TPSA) is 59.1 Å². The number of nitrogens with zero attached hydrogens (tertiary/aromatic N) is 1. The maximum Gasteiger partial charge on any atom is 0.261 e. The van der Waals surface area contributed by atoms with Crippen LogP contribution in [0.1, 0.15) is 18.5 Å². The van der Waals surface area contributed by atoms with Crippen LogP contribution in [0.25, 0.3) is 0 Å². The average Bonchev–Trinajstić information content (AvgIpc) is 2.38. The molecule has 0 aliphatic carbocycles. The monoisotopic (exact) mass is 358 g/mol. The molecule has 0 saturated heterocycles. The fourth-order valence-electron chi connectivity index (χ4n) is 1.70. The summed E-state index contributed by atoms with van der Waals surface area (Å²) in [5.41, 5.74) is 0.763. The van der Waals surface area contributed by atoms with E-state index in [1.54, 1.807) is 25.1 Å². The van der Waals surface area contributed by atoms with E-state index in [2.05, 4.69) is 25.6 Å². The molecule has 2 aromatic rings. The second-order valence-electron chi connectivity index (χ2n) is 4.19. The fourth-order valence-corrected chi connectivity index (χ4v) is 3.36. The summed E-state index contributed by atoms with van der Waals surface area (Å²) < 4.78 is 40.9. The van der Waals surface area contributed by atoms with E-state index in [0.717, 1.165) is 16.1 Å². The maximum atomic E-state index is 13.5. The Kier molecular flexibility index (Phi) is 4.52. The minimum atomic E-state index is -4.00. The Bertz CT molecular complexity index is 722. The van der Waals surface area contributed by atoms with Crippen molar-refractivity contribution in [1.29, 1.82) is 0 Å². The first-order valence-electron chi connectivity index (χ1n) is 5.78. The van der Waals surface area contributed by atoms with Crippen LogP contribution in [-0.2, 0) is 10.0 Å². The Labute approximate surface area is 125 Å². The first-order chi connectivity index (χ1) is 9.40. The summed E-state index contributed by atoms with van der Waals surface area (Å²) in [4.78, 5) is 3.58. The molecule has 106 valence electrons. The summed E-state index contributed by atoms with van der Waals surface area (Å²) in [5.74, 6) is -0.874. The van der Waals surface area contributed by atoms with Crippen molar-refractivity contribution in [2.45, 2.75) is 18.0 Å². The van der Waals surface area contributed by atoms with Gasteiger partial charge in [-0.2, -0.15) is 0 Å². The highest BCUT2D eigenvalue weighted by atomic mass is 79.9. The number of sulfonamides is 1. The zero-order chi connectivity index (χ0) is 14.8. The van der Waals surface area contributed by atoms with Crippen molar-refractivity contribution in [1.82, 2.24) is 9.71 Å². The van der Waals surface area contributed by atoms with Crippen LogP contribution in [-0.4, -0.2) is 13.4 Å². The van der Waals surface area contributed by atoms with Gasteiger partial charge in [0.25, 0.3) is 10.0 Å². The van der Waals surface area contributed by atoms with E-state index in [1.165, 1.54) is 12.3 Å². The van der Waals surface area contributed by atoms with Gasteiger partial charge in [0, 0.05) is 16.7 Å². The molecule has 1 atom stereocenters. The Morgan fingerprint density at radius 3 is 2.70 bits per heavy atom. The van der Waals surface area contributed by atoms with E-state index in [9.17, 15) is 12.8 Å². The molecule has 1 N–H and O–H groups in total. The van der Waals surface area contributed by atoms with Gasteiger partial charge in [-0.05, 0) is 36.8 Å². The summed E-state index contributed by atoms with van der Waals surface area (Å²) in [6.45, 7) is 1.68. The molecule has 20 heavy (non-hydrogen) atoms.